The minimum Gasteiger partial charge on any atom is -0.469 e. The number of anilines is 1. The van der Waals surface area contributed by atoms with Gasteiger partial charge in [0.2, 0.25) is 0 Å². The molecule has 0 aliphatic carbocycles. The first kappa shape index (κ1) is 17.3. The van der Waals surface area contributed by atoms with Gasteiger partial charge in [-0.15, -0.1) is 0 Å². The molecule has 0 N–H and O–H groups in total. The van der Waals surface area contributed by atoms with Gasteiger partial charge in [-0.3, -0.25) is 9.69 Å². The molecule has 0 radical (unpaired) electrons. The molecule has 126 valence electrons. The van der Waals surface area contributed by atoms with E-state index >= 15 is 0 Å². The molecule has 1 amide bonds. The van der Waals surface area contributed by atoms with Gasteiger partial charge in [0.25, 0.3) is 0 Å². The highest BCUT2D eigenvalue weighted by atomic mass is 16.6. The van der Waals surface area contributed by atoms with Crippen LogP contribution in [-0.4, -0.2) is 31.3 Å². The predicted octanol–water partition coefficient (Wildman–Crippen LogP) is 3.48. The van der Waals surface area contributed by atoms with Crippen molar-refractivity contribution >= 4 is 17.7 Å². The number of ether oxygens (including phenoxy) is 2. The van der Waals surface area contributed by atoms with Crippen LogP contribution in [0.1, 0.15) is 44.7 Å². The van der Waals surface area contributed by atoms with Gasteiger partial charge in [0, 0.05) is 13.0 Å². The third-order valence-electron chi connectivity index (χ3n) is 3.72. The van der Waals surface area contributed by atoms with E-state index in [1.165, 1.54) is 7.11 Å². The number of hydrogen-bond acceptors (Lipinski definition) is 4. The zero-order valence-electron chi connectivity index (χ0n) is 14.3. The number of benzene rings is 1. The Labute approximate surface area is 137 Å². The molecule has 0 unspecified atom stereocenters. The lowest BCUT2D eigenvalue weighted by Crippen LogP contribution is -2.39. The van der Waals surface area contributed by atoms with Crippen LogP contribution in [-0.2, 0) is 27.1 Å². The predicted molar refractivity (Wildman–Crippen MR) is 88.7 cm³/mol. The number of amides is 1. The fourth-order valence-electron chi connectivity index (χ4n) is 2.66. The maximum atomic E-state index is 12.4. The Balaban J connectivity index is 2.13. The van der Waals surface area contributed by atoms with E-state index in [0.717, 1.165) is 29.7 Å². The van der Waals surface area contributed by atoms with E-state index in [9.17, 15) is 9.59 Å². The van der Waals surface area contributed by atoms with Crippen LogP contribution >= 0.6 is 0 Å². The lowest BCUT2D eigenvalue weighted by atomic mass is 9.98. The summed E-state index contributed by atoms with van der Waals surface area (Å²) < 4.78 is 10.2. The second-order valence-corrected chi connectivity index (χ2v) is 6.77. The highest BCUT2D eigenvalue weighted by molar-refractivity contribution is 5.89. The first-order valence-electron chi connectivity index (χ1n) is 7.99. The quantitative estimate of drug-likeness (QED) is 0.800. The summed E-state index contributed by atoms with van der Waals surface area (Å²) in [5, 5.41) is 0. The van der Waals surface area contributed by atoms with E-state index in [4.69, 9.17) is 4.74 Å². The molecule has 0 saturated carbocycles. The largest absolute Gasteiger partial charge is 0.469 e. The molecule has 0 saturated heterocycles. The molecule has 2 rings (SSSR count). The number of carbonyl (C=O) groups is 2. The van der Waals surface area contributed by atoms with Crippen LogP contribution in [0.5, 0.6) is 0 Å². The van der Waals surface area contributed by atoms with Crippen molar-refractivity contribution in [1.82, 2.24) is 0 Å². The SMILES string of the molecule is COC(=O)CCc1ccc2c(c1)CCCN2C(=O)OC(C)(C)C. The second kappa shape index (κ2) is 7.02. The Morgan fingerprint density at radius 1 is 1.26 bits per heavy atom. The Kier molecular flexibility index (Phi) is 5.29. The van der Waals surface area contributed by atoms with Crippen LogP contribution in [0.15, 0.2) is 18.2 Å². The van der Waals surface area contributed by atoms with E-state index in [1.807, 2.05) is 32.9 Å². The first-order chi connectivity index (χ1) is 10.8. The first-order valence-corrected chi connectivity index (χ1v) is 7.99. The number of hydrogen-bond donors (Lipinski definition) is 0. The molecule has 1 aliphatic heterocycles. The summed E-state index contributed by atoms with van der Waals surface area (Å²) in [7, 11) is 1.40. The Morgan fingerprint density at radius 2 is 2.00 bits per heavy atom. The van der Waals surface area contributed by atoms with Crippen molar-refractivity contribution in [2.75, 3.05) is 18.6 Å². The lowest BCUT2D eigenvalue weighted by molar-refractivity contribution is -0.140. The van der Waals surface area contributed by atoms with Gasteiger partial charge in [0.05, 0.1) is 12.8 Å². The van der Waals surface area contributed by atoms with Gasteiger partial charge in [0.15, 0.2) is 0 Å². The van der Waals surface area contributed by atoms with Crippen LogP contribution in [0.2, 0.25) is 0 Å². The number of esters is 1. The number of aryl methyl sites for hydroxylation is 2. The molecule has 0 atom stereocenters. The number of carbonyl (C=O) groups excluding carboxylic acids is 2. The Morgan fingerprint density at radius 3 is 2.65 bits per heavy atom. The zero-order chi connectivity index (χ0) is 17.0. The van der Waals surface area contributed by atoms with Crippen molar-refractivity contribution in [2.24, 2.45) is 0 Å². The molecule has 1 aromatic carbocycles. The van der Waals surface area contributed by atoms with Gasteiger partial charge in [-0.2, -0.15) is 0 Å². The minimum atomic E-state index is -0.505. The van der Waals surface area contributed by atoms with Crippen molar-refractivity contribution in [2.45, 2.75) is 52.1 Å². The van der Waals surface area contributed by atoms with E-state index in [2.05, 4.69) is 10.8 Å². The summed E-state index contributed by atoms with van der Waals surface area (Å²) in [5.74, 6) is -0.210. The van der Waals surface area contributed by atoms with Gasteiger partial charge < -0.3 is 9.47 Å². The van der Waals surface area contributed by atoms with Gasteiger partial charge in [0.1, 0.15) is 5.60 Å². The topological polar surface area (TPSA) is 55.8 Å². The molecule has 0 aromatic heterocycles. The molecular weight excluding hydrogens is 294 g/mol. The van der Waals surface area contributed by atoms with Crippen LogP contribution < -0.4 is 4.90 Å². The van der Waals surface area contributed by atoms with Gasteiger partial charge in [-0.1, -0.05) is 12.1 Å². The number of methoxy groups -OCH3 is 1. The minimum absolute atomic E-state index is 0.210. The van der Waals surface area contributed by atoms with Gasteiger partial charge >= 0.3 is 12.1 Å². The van der Waals surface area contributed by atoms with Crippen LogP contribution in [0.4, 0.5) is 10.5 Å². The summed E-state index contributed by atoms with van der Waals surface area (Å²) in [4.78, 5) is 25.3. The smallest absolute Gasteiger partial charge is 0.414 e. The molecule has 5 nitrogen and oxygen atoms in total. The van der Waals surface area contributed by atoms with E-state index < -0.39 is 5.60 Å². The highest BCUT2D eigenvalue weighted by Crippen LogP contribution is 2.29. The fourth-order valence-corrected chi connectivity index (χ4v) is 2.66. The molecule has 0 spiro atoms. The average molecular weight is 319 g/mol. The van der Waals surface area contributed by atoms with Crippen molar-refractivity contribution < 1.29 is 19.1 Å². The summed E-state index contributed by atoms with van der Waals surface area (Å²) >= 11 is 0. The van der Waals surface area contributed by atoms with Crippen molar-refractivity contribution in [3.05, 3.63) is 29.3 Å². The lowest BCUT2D eigenvalue weighted by Gasteiger charge is -2.32. The van der Waals surface area contributed by atoms with Crippen molar-refractivity contribution in [3.8, 4) is 0 Å². The Hall–Kier alpha value is -2.04. The van der Waals surface area contributed by atoms with E-state index in [-0.39, 0.29) is 12.1 Å². The van der Waals surface area contributed by atoms with Gasteiger partial charge in [-0.05, 0) is 57.2 Å². The highest BCUT2D eigenvalue weighted by Gasteiger charge is 2.27. The van der Waals surface area contributed by atoms with E-state index in [0.29, 0.717) is 19.4 Å². The number of fused-ring (bicyclic) bond motifs is 1. The normalized spacial score (nSPS) is 14.2. The van der Waals surface area contributed by atoms with Gasteiger partial charge in [-0.25, -0.2) is 4.79 Å². The maximum Gasteiger partial charge on any atom is 0.414 e. The summed E-state index contributed by atoms with van der Waals surface area (Å²) in [5.41, 5.74) is 2.62. The van der Waals surface area contributed by atoms with Crippen molar-refractivity contribution in [1.29, 1.82) is 0 Å². The third kappa shape index (κ3) is 4.71. The molecule has 23 heavy (non-hydrogen) atoms. The van der Waals surface area contributed by atoms with Crippen molar-refractivity contribution in [3.63, 3.8) is 0 Å². The summed E-state index contributed by atoms with van der Waals surface area (Å²) in [6.07, 6.45) is 2.55. The maximum absolute atomic E-state index is 12.4. The number of rotatable bonds is 3. The van der Waals surface area contributed by atoms with Crippen LogP contribution in [0.25, 0.3) is 0 Å². The molecule has 0 fully saturated rings. The molecule has 1 heterocycles. The molecule has 1 aromatic rings. The molecule has 0 bridgehead atoms. The molecule has 5 heteroatoms. The summed E-state index contributed by atoms with van der Waals surface area (Å²) in [6.45, 7) is 6.27. The number of nitrogens with zero attached hydrogens (tertiary/aromatic N) is 1. The van der Waals surface area contributed by atoms with Crippen LogP contribution in [0.3, 0.4) is 0 Å². The average Bonchev–Trinajstić information content (AvgIpc) is 2.49. The molecular formula is C18H25NO4. The van der Waals surface area contributed by atoms with E-state index in [1.54, 1.807) is 4.90 Å². The Bertz CT molecular complexity index is 589. The monoisotopic (exact) mass is 319 g/mol. The third-order valence-corrected chi connectivity index (χ3v) is 3.72. The zero-order valence-corrected chi connectivity index (χ0v) is 14.3. The standard InChI is InChI=1S/C18H25NO4/c1-18(2,3)23-17(21)19-11-5-6-14-12-13(7-9-15(14)19)8-10-16(20)22-4/h7,9,12H,5-6,8,10-11H2,1-4H3. The van der Waals surface area contributed by atoms with Crippen LogP contribution in [0, 0.1) is 0 Å². The fraction of sp³-hybridized carbons (Fsp3) is 0.556. The summed E-state index contributed by atoms with van der Waals surface area (Å²) in [6, 6.07) is 5.99. The second-order valence-electron chi connectivity index (χ2n) is 6.77. The molecule has 1 aliphatic rings.